The minimum atomic E-state index is -0.211. The van der Waals surface area contributed by atoms with Crippen LogP contribution in [0.4, 0.5) is 0 Å². The summed E-state index contributed by atoms with van der Waals surface area (Å²) in [6.07, 6.45) is 2.56. The van der Waals surface area contributed by atoms with Crippen molar-refractivity contribution in [2.75, 3.05) is 33.9 Å². The number of amides is 2. The van der Waals surface area contributed by atoms with E-state index in [0.29, 0.717) is 30.2 Å². The van der Waals surface area contributed by atoms with Gasteiger partial charge in [-0.25, -0.2) is 0 Å². The first-order chi connectivity index (χ1) is 17.5. The molecule has 0 N–H and O–H groups in total. The summed E-state index contributed by atoms with van der Waals surface area (Å²) in [7, 11) is 3.11. The molecular formula is C29H34N2O4S. The number of rotatable bonds is 9. The number of benzene rings is 2. The smallest absolute Gasteiger partial charge is 0.258 e. The van der Waals surface area contributed by atoms with E-state index in [1.807, 2.05) is 17.0 Å². The van der Waals surface area contributed by atoms with Gasteiger partial charge in [-0.3, -0.25) is 9.59 Å². The fraction of sp³-hybridized carbons (Fsp3) is 0.379. The van der Waals surface area contributed by atoms with Crippen LogP contribution in [-0.4, -0.2) is 55.5 Å². The van der Waals surface area contributed by atoms with Crippen molar-refractivity contribution in [1.29, 1.82) is 0 Å². The van der Waals surface area contributed by atoms with Crippen molar-refractivity contribution in [1.82, 2.24) is 9.80 Å². The van der Waals surface area contributed by atoms with Gasteiger partial charge in [0.15, 0.2) is 0 Å². The van der Waals surface area contributed by atoms with Crippen LogP contribution in [0.3, 0.4) is 0 Å². The summed E-state index contributed by atoms with van der Waals surface area (Å²) in [5.74, 6) is 0.793. The molecule has 0 radical (unpaired) electrons. The van der Waals surface area contributed by atoms with Gasteiger partial charge in [0.25, 0.3) is 5.91 Å². The molecular weight excluding hydrogens is 472 g/mol. The number of nitrogens with zero attached hydrogens (tertiary/aromatic N) is 2. The summed E-state index contributed by atoms with van der Waals surface area (Å²) in [6.45, 7) is 5.33. The van der Waals surface area contributed by atoms with E-state index in [1.54, 1.807) is 41.5 Å². The van der Waals surface area contributed by atoms with Crippen molar-refractivity contribution in [2.24, 2.45) is 0 Å². The van der Waals surface area contributed by atoms with Gasteiger partial charge in [0.1, 0.15) is 18.0 Å². The van der Waals surface area contributed by atoms with Crippen molar-refractivity contribution in [3.8, 4) is 11.5 Å². The molecule has 3 aromatic rings. The number of thiophene rings is 1. The van der Waals surface area contributed by atoms with Crippen molar-refractivity contribution < 1.29 is 19.1 Å². The number of carbonyl (C=O) groups excluding carboxylic acids is 2. The Kier molecular flexibility index (Phi) is 8.31. The maximum atomic E-state index is 13.9. The molecule has 2 aromatic carbocycles. The highest BCUT2D eigenvalue weighted by molar-refractivity contribution is 7.10. The Hall–Kier alpha value is -3.32. The average molecular weight is 507 g/mol. The average Bonchev–Trinajstić information content (AvgIpc) is 3.39. The number of methoxy groups -OCH3 is 2. The molecule has 1 aliphatic heterocycles. The summed E-state index contributed by atoms with van der Waals surface area (Å²) >= 11 is 1.75. The molecule has 2 amide bonds. The SMILES string of the molecule is CCCCN(CC(=O)N1CCc2sccc2C1c1ccccc1C)C(=O)c1ccc(OC)cc1OC. The highest BCUT2D eigenvalue weighted by atomic mass is 32.1. The van der Waals surface area contributed by atoms with Gasteiger partial charge >= 0.3 is 0 Å². The number of carbonyl (C=O) groups is 2. The highest BCUT2D eigenvalue weighted by Gasteiger charge is 2.35. The van der Waals surface area contributed by atoms with Gasteiger partial charge in [-0.2, -0.15) is 0 Å². The zero-order valence-electron chi connectivity index (χ0n) is 21.5. The Morgan fingerprint density at radius 3 is 2.61 bits per heavy atom. The molecule has 7 heteroatoms. The van der Waals surface area contributed by atoms with Gasteiger partial charge in [0, 0.05) is 24.0 Å². The van der Waals surface area contributed by atoms with Gasteiger partial charge in [0.2, 0.25) is 5.91 Å². The van der Waals surface area contributed by atoms with Crippen LogP contribution < -0.4 is 9.47 Å². The predicted octanol–water partition coefficient (Wildman–Crippen LogP) is 5.49. The van der Waals surface area contributed by atoms with E-state index in [0.717, 1.165) is 30.4 Å². The minimum absolute atomic E-state index is 0.0237. The first-order valence-corrected chi connectivity index (χ1v) is 13.3. The molecule has 0 saturated heterocycles. The number of fused-ring (bicyclic) bond motifs is 1. The van der Waals surface area contributed by atoms with Crippen LogP contribution in [0.1, 0.15) is 57.7 Å². The summed E-state index contributed by atoms with van der Waals surface area (Å²) in [5.41, 5.74) is 3.91. The molecule has 190 valence electrons. The Morgan fingerprint density at radius 2 is 1.89 bits per heavy atom. The van der Waals surface area contributed by atoms with E-state index in [2.05, 4.69) is 37.4 Å². The van der Waals surface area contributed by atoms with Crippen LogP contribution in [0.15, 0.2) is 53.9 Å². The number of hydrogen-bond acceptors (Lipinski definition) is 5. The monoisotopic (exact) mass is 506 g/mol. The molecule has 1 aromatic heterocycles. The maximum absolute atomic E-state index is 13.9. The quantitative estimate of drug-likeness (QED) is 0.385. The van der Waals surface area contributed by atoms with Crippen molar-refractivity contribution in [3.05, 3.63) is 81.0 Å². The predicted molar refractivity (Wildman–Crippen MR) is 143 cm³/mol. The fourth-order valence-corrected chi connectivity index (χ4v) is 5.72. The third-order valence-corrected chi connectivity index (χ3v) is 7.80. The van der Waals surface area contributed by atoms with Crippen molar-refractivity contribution in [2.45, 2.75) is 39.2 Å². The highest BCUT2D eigenvalue weighted by Crippen LogP contribution is 2.39. The van der Waals surface area contributed by atoms with Crippen LogP contribution in [0, 0.1) is 6.92 Å². The second kappa shape index (κ2) is 11.6. The van der Waals surface area contributed by atoms with Gasteiger partial charge in [-0.1, -0.05) is 37.6 Å². The van der Waals surface area contributed by atoms with Crippen LogP contribution in [0.25, 0.3) is 0 Å². The minimum Gasteiger partial charge on any atom is -0.497 e. The molecule has 0 aliphatic carbocycles. The number of ether oxygens (including phenoxy) is 2. The zero-order valence-corrected chi connectivity index (χ0v) is 22.3. The molecule has 36 heavy (non-hydrogen) atoms. The first-order valence-electron chi connectivity index (χ1n) is 12.4. The Morgan fingerprint density at radius 1 is 1.08 bits per heavy atom. The third kappa shape index (κ3) is 5.26. The van der Waals surface area contributed by atoms with Crippen LogP contribution >= 0.6 is 11.3 Å². The lowest BCUT2D eigenvalue weighted by molar-refractivity contribution is -0.134. The number of aryl methyl sites for hydroxylation is 1. The van der Waals surface area contributed by atoms with E-state index in [4.69, 9.17) is 9.47 Å². The van der Waals surface area contributed by atoms with Crippen LogP contribution in [0.5, 0.6) is 11.5 Å². The van der Waals surface area contributed by atoms with Gasteiger partial charge in [0.05, 0.1) is 25.8 Å². The Bertz CT molecular complexity index is 1220. The van der Waals surface area contributed by atoms with Crippen LogP contribution in [0.2, 0.25) is 0 Å². The fourth-order valence-electron chi connectivity index (χ4n) is 4.82. The number of unbranched alkanes of at least 4 members (excludes halogenated alkanes) is 1. The summed E-state index contributed by atoms with van der Waals surface area (Å²) in [6, 6.07) is 15.4. The van der Waals surface area contributed by atoms with E-state index in [1.165, 1.54) is 17.6 Å². The second-order valence-corrected chi connectivity index (χ2v) is 10.0. The van der Waals surface area contributed by atoms with Crippen molar-refractivity contribution in [3.63, 3.8) is 0 Å². The standard InChI is InChI=1S/C29H34N2O4S/c1-5-6-15-30(29(33)23-12-11-21(34-3)18-25(23)35-4)19-27(32)31-16-13-26-24(14-17-36-26)28(31)22-10-8-7-9-20(22)2/h7-12,14,17-18,28H,5-6,13,15-16,19H2,1-4H3. The number of hydrogen-bond donors (Lipinski definition) is 0. The molecule has 1 aliphatic rings. The molecule has 0 saturated carbocycles. The third-order valence-electron chi connectivity index (χ3n) is 6.80. The molecule has 1 unspecified atom stereocenters. The van der Waals surface area contributed by atoms with E-state index in [9.17, 15) is 9.59 Å². The van der Waals surface area contributed by atoms with Gasteiger partial charge < -0.3 is 19.3 Å². The topological polar surface area (TPSA) is 59.1 Å². The summed E-state index contributed by atoms with van der Waals surface area (Å²) < 4.78 is 10.8. The molecule has 1 atom stereocenters. The van der Waals surface area contributed by atoms with Gasteiger partial charge in [-0.15, -0.1) is 11.3 Å². The molecule has 6 nitrogen and oxygen atoms in total. The first kappa shape index (κ1) is 25.8. The molecule has 0 bridgehead atoms. The Balaban J connectivity index is 1.64. The second-order valence-electron chi connectivity index (χ2n) is 9.04. The van der Waals surface area contributed by atoms with E-state index < -0.39 is 0 Å². The largest absolute Gasteiger partial charge is 0.497 e. The normalized spacial score (nSPS) is 14.8. The van der Waals surface area contributed by atoms with E-state index in [-0.39, 0.29) is 24.4 Å². The zero-order chi connectivity index (χ0) is 25.7. The lowest BCUT2D eigenvalue weighted by Crippen LogP contribution is -2.47. The Labute approximate surface area is 217 Å². The van der Waals surface area contributed by atoms with Crippen molar-refractivity contribution >= 4 is 23.2 Å². The van der Waals surface area contributed by atoms with Crippen LogP contribution in [-0.2, 0) is 11.2 Å². The molecule has 4 rings (SSSR count). The maximum Gasteiger partial charge on any atom is 0.258 e. The van der Waals surface area contributed by atoms with E-state index >= 15 is 0 Å². The molecule has 2 heterocycles. The molecule has 0 spiro atoms. The lowest BCUT2D eigenvalue weighted by Gasteiger charge is -2.38. The summed E-state index contributed by atoms with van der Waals surface area (Å²) in [5, 5.41) is 2.11. The lowest BCUT2D eigenvalue weighted by atomic mass is 9.90. The van der Waals surface area contributed by atoms with Gasteiger partial charge in [-0.05, 0) is 60.0 Å². The molecule has 0 fully saturated rings. The summed E-state index contributed by atoms with van der Waals surface area (Å²) in [4.78, 5) is 32.5.